The normalized spacial score (nSPS) is 12.6. The first kappa shape index (κ1) is 17.5. The van der Waals surface area contributed by atoms with E-state index < -0.39 is 21.9 Å². The van der Waals surface area contributed by atoms with Crippen molar-refractivity contribution in [2.75, 3.05) is 6.54 Å². The van der Waals surface area contributed by atoms with Gasteiger partial charge in [-0.1, -0.05) is 17.7 Å². The van der Waals surface area contributed by atoms with Crippen molar-refractivity contribution in [2.24, 2.45) is 0 Å². The van der Waals surface area contributed by atoms with Gasteiger partial charge in [-0.25, -0.2) is 13.1 Å². The van der Waals surface area contributed by atoms with Crippen molar-refractivity contribution in [1.82, 2.24) is 14.5 Å². The van der Waals surface area contributed by atoms with Crippen LogP contribution < -0.4 is 4.72 Å². The average Bonchev–Trinajstić information content (AvgIpc) is 2.86. The SMILES string of the molecule is Cc1ccc(S(=O)(=O)NCCn2ccc(C(F)(F)F)n2)c(C)c1. The van der Waals surface area contributed by atoms with Gasteiger partial charge in [-0.05, 0) is 31.5 Å². The largest absolute Gasteiger partial charge is 0.435 e. The molecule has 0 aliphatic carbocycles. The van der Waals surface area contributed by atoms with E-state index in [2.05, 4.69) is 9.82 Å². The molecule has 1 N–H and O–H groups in total. The van der Waals surface area contributed by atoms with E-state index in [0.29, 0.717) is 5.56 Å². The van der Waals surface area contributed by atoms with Gasteiger partial charge in [0.1, 0.15) is 0 Å². The molecule has 2 aromatic rings. The lowest BCUT2D eigenvalue weighted by atomic mass is 10.2. The van der Waals surface area contributed by atoms with Crippen LogP contribution in [0.15, 0.2) is 35.4 Å². The first-order valence-electron chi connectivity index (χ1n) is 6.77. The second-order valence-electron chi connectivity index (χ2n) is 5.13. The molecule has 5 nitrogen and oxygen atoms in total. The molecule has 0 aliphatic heterocycles. The molecule has 1 aromatic heterocycles. The maximum Gasteiger partial charge on any atom is 0.435 e. The zero-order chi connectivity index (χ0) is 17.3. The Morgan fingerprint density at radius 2 is 1.91 bits per heavy atom. The molecule has 0 amide bonds. The van der Waals surface area contributed by atoms with Gasteiger partial charge < -0.3 is 0 Å². The minimum absolute atomic E-state index is 0.000217. The number of nitrogens with zero attached hydrogens (tertiary/aromatic N) is 2. The van der Waals surface area contributed by atoms with Crippen LogP contribution in [-0.2, 0) is 22.7 Å². The van der Waals surface area contributed by atoms with Crippen molar-refractivity contribution in [1.29, 1.82) is 0 Å². The Kier molecular flexibility index (Phi) is 4.81. The molecule has 0 saturated heterocycles. The van der Waals surface area contributed by atoms with Gasteiger partial charge in [0.05, 0.1) is 11.4 Å². The number of alkyl halides is 3. The number of rotatable bonds is 5. The molecule has 0 spiro atoms. The smallest absolute Gasteiger partial charge is 0.271 e. The van der Waals surface area contributed by atoms with Gasteiger partial charge in [0.15, 0.2) is 5.69 Å². The minimum atomic E-state index is -4.51. The van der Waals surface area contributed by atoms with Crippen LogP contribution in [0.5, 0.6) is 0 Å². The molecule has 0 atom stereocenters. The summed E-state index contributed by atoms with van der Waals surface area (Å²) < 4.78 is 65.1. The molecule has 0 saturated carbocycles. The summed E-state index contributed by atoms with van der Waals surface area (Å²) in [5.74, 6) is 0. The van der Waals surface area contributed by atoms with Crippen LogP contribution in [0.25, 0.3) is 0 Å². The standard InChI is InChI=1S/C14H16F3N3O2S/c1-10-3-4-12(11(2)9-10)23(21,22)18-6-8-20-7-5-13(19-20)14(15,16)17/h3-5,7,9,18H,6,8H2,1-2H3. The van der Waals surface area contributed by atoms with Crippen LogP contribution >= 0.6 is 0 Å². The lowest BCUT2D eigenvalue weighted by molar-refractivity contribution is -0.141. The van der Waals surface area contributed by atoms with Crippen LogP contribution in [0, 0.1) is 13.8 Å². The third kappa shape index (κ3) is 4.32. The number of nitrogens with one attached hydrogen (secondary N) is 1. The lowest BCUT2D eigenvalue weighted by Crippen LogP contribution is -2.28. The van der Waals surface area contributed by atoms with Crippen LogP contribution in [0.2, 0.25) is 0 Å². The summed E-state index contributed by atoms with van der Waals surface area (Å²) in [5.41, 5.74) is 0.545. The number of aryl methyl sites for hydroxylation is 2. The maximum absolute atomic E-state index is 12.4. The van der Waals surface area contributed by atoms with Crippen molar-refractivity contribution in [3.8, 4) is 0 Å². The summed E-state index contributed by atoms with van der Waals surface area (Å²) in [5, 5.41) is 3.36. The highest BCUT2D eigenvalue weighted by Crippen LogP contribution is 2.27. The van der Waals surface area contributed by atoms with Gasteiger partial charge in [-0.3, -0.25) is 4.68 Å². The third-order valence-electron chi connectivity index (χ3n) is 3.18. The lowest BCUT2D eigenvalue weighted by Gasteiger charge is -2.10. The van der Waals surface area contributed by atoms with Crippen LogP contribution in [0.4, 0.5) is 13.2 Å². The van der Waals surface area contributed by atoms with Crippen molar-refractivity contribution in [3.05, 3.63) is 47.3 Å². The highest BCUT2D eigenvalue weighted by atomic mass is 32.2. The molecule has 1 heterocycles. The van der Waals surface area contributed by atoms with Crippen molar-refractivity contribution in [2.45, 2.75) is 31.5 Å². The first-order valence-corrected chi connectivity index (χ1v) is 8.25. The fourth-order valence-corrected chi connectivity index (χ4v) is 3.36. The van der Waals surface area contributed by atoms with E-state index in [0.717, 1.165) is 22.5 Å². The molecule has 23 heavy (non-hydrogen) atoms. The van der Waals surface area contributed by atoms with Gasteiger partial charge in [0, 0.05) is 12.7 Å². The third-order valence-corrected chi connectivity index (χ3v) is 4.81. The topological polar surface area (TPSA) is 64.0 Å². The number of hydrogen-bond donors (Lipinski definition) is 1. The Hall–Kier alpha value is -1.87. The summed E-state index contributed by atoms with van der Waals surface area (Å²) >= 11 is 0. The quantitative estimate of drug-likeness (QED) is 0.904. The Balaban J connectivity index is 2.01. The van der Waals surface area contributed by atoms with Crippen LogP contribution in [0.1, 0.15) is 16.8 Å². The zero-order valence-corrected chi connectivity index (χ0v) is 13.4. The van der Waals surface area contributed by atoms with Gasteiger partial charge in [-0.15, -0.1) is 0 Å². The molecule has 0 bridgehead atoms. The maximum atomic E-state index is 12.4. The van der Waals surface area contributed by atoms with E-state index >= 15 is 0 Å². The predicted molar refractivity (Wildman–Crippen MR) is 78.3 cm³/mol. The Labute approximate surface area is 132 Å². The Bertz CT molecular complexity index is 798. The molecule has 0 unspecified atom stereocenters. The van der Waals surface area contributed by atoms with E-state index in [4.69, 9.17) is 0 Å². The number of hydrogen-bond acceptors (Lipinski definition) is 3. The molecule has 0 fully saturated rings. The molecule has 126 valence electrons. The summed E-state index contributed by atoms with van der Waals surface area (Å²) in [6.45, 7) is 3.48. The van der Waals surface area contributed by atoms with Crippen molar-refractivity contribution < 1.29 is 21.6 Å². The van der Waals surface area contributed by atoms with Crippen molar-refractivity contribution >= 4 is 10.0 Å². The monoisotopic (exact) mass is 347 g/mol. The van der Waals surface area contributed by atoms with Gasteiger partial charge in [-0.2, -0.15) is 18.3 Å². The molecule has 2 rings (SSSR count). The number of aromatic nitrogens is 2. The fourth-order valence-electron chi connectivity index (χ4n) is 2.11. The second-order valence-corrected chi connectivity index (χ2v) is 6.86. The highest BCUT2D eigenvalue weighted by Gasteiger charge is 2.33. The van der Waals surface area contributed by atoms with E-state index in [9.17, 15) is 21.6 Å². The van der Waals surface area contributed by atoms with E-state index in [1.807, 2.05) is 6.92 Å². The van der Waals surface area contributed by atoms with Gasteiger partial charge in [0.2, 0.25) is 10.0 Å². The minimum Gasteiger partial charge on any atom is -0.271 e. The van der Waals surface area contributed by atoms with Gasteiger partial charge in [0.25, 0.3) is 0 Å². The van der Waals surface area contributed by atoms with Crippen molar-refractivity contribution in [3.63, 3.8) is 0 Å². The van der Waals surface area contributed by atoms with Crippen LogP contribution in [0.3, 0.4) is 0 Å². The summed E-state index contributed by atoms with van der Waals surface area (Å²) in [6.07, 6.45) is -3.35. The van der Waals surface area contributed by atoms with Crippen LogP contribution in [-0.4, -0.2) is 24.7 Å². The van der Waals surface area contributed by atoms with E-state index in [1.165, 1.54) is 6.07 Å². The molecular weight excluding hydrogens is 331 g/mol. The fraction of sp³-hybridized carbons (Fsp3) is 0.357. The molecular formula is C14H16F3N3O2S. The number of sulfonamides is 1. The van der Waals surface area contributed by atoms with E-state index in [-0.39, 0.29) is 18.0 Å². The molecule has 9 heteroatoms. The first-order chi connectivity index (χ1) is 10.6. The Morgan fingerprint density at radius 1 is 1.22 bits per heavy atom. The number of halogens is 3. The molecule has 1 aromatic carbocycles. The number of benzene rings is 1. The molecule has 0 radical (unpaired) electrons. The second kappa shape index (κ2) is 6.32. The van der Waals surface area contributed by atoms with E-state index in [1.54, 1.807) is 19.1 Å². The van der Waals surface area contributed by atoms with Gasteiger partial charge >= 0.3 is 6.18 Å². The summed E-state index contributed by atoms with van der Waals surface area (Å²) in [6, 6.07) is 5.78. The summed E-state index contributed by atoms with van der Waals surface area (Å²) in [7, 11) is -3.71. The Morgan fingerprint density at radius 3 is 2.48 bits per heavy atom. The zero-order valence-electron chi connectivity index (χ0n) is 12.6. The highest BCUT2D eigenvalue weighted by molar-refractivity contribution is 7.89. The summed E-state index contributed by atoms with van der Waals surface area (Å²) in [4.78, 5) is 0.152. The predicted octanol–water partition coefficient (Wildman–Crippen LogP) is 2.50. The molecule has 0 aliphatic rings. The average molecular weight is 347 g/mol.